The first kappa shape index (κ1) is 16.8. The third-order valence-corrected chi connectivity index (χ3v) is 0. The van der Waals surface area contributed by atoms with E-state index in [1.807, 2.05) is 0 Å². The molecule has 0 rings (SSSR count). The summed E-state index contributed by atoms with van der Waals surface area (Å²) >= 11 is 0.300. The van der Waals surface area contributed by atoms with Gasteiger partial charge in [-0.1, -0.05) is 0 Å². The Morgan fingerprint density at radius 1 is 1.25 bits per heavy atom. The molecule has 5 radical (unpaired) electrons. The van der Waals surface area contributed by atoms with Gasteiger partial charge in [0.2, 0.25) is 0 Å². The first-order valence-corrected chi connectivity index (χ1v) is 1.37. The zero-order chi connectivity index (χ0) is 2.00. The average molecular weight is 284 g/mol. The standard InChI is InChI=1S/In.O.H3P.Sn/h;;1H3;. The van der Waals surface area contributed by atoms with Crippen molar-refractivity contribution in [1.82, 2.24) is 0 Å². The van der Waals surface area contributed by atoms with Crippen LogP contribution < -0.4 is 0 Å². The molecule has 21 valence electrons. The van der Waals surface area contributed by atoms with Crippen LogP contribution in [0, 0.1) is 0 Å². The van der Waals surface area contributed by atoms with E-state index < -0.39 is 0 Å². The van der Waals surface area contributed by atoms with Gasteiger partial charge < -0.3 is 0 Å². The summed E-state index contributed by atoms with van der Waals surface area (Å²) in [5, 5.41) is 0. The van der Waals surface area contributed by atoms with Crippen LogP contribution in [0.25, 0.3) is 0 Å². The monoisotopic (exact) mass is 285 g/mol. The van der Waals surface area contributed by atoms with Gasteiger partial charge in [-0.25, -0.2) is 0 Å². The molecule has 0 aromatic heterocycles. The topological polar surface area (TPSA) is 17.1 Å². The fourth-order valence-electron chi connectivity index (χ4n) is 0. The Kier molecular flexibility index (Phi) is 87.0. The van der Waals surface area contributed by atoms with Crippen molar-refractivity contribution in [3.63, 3.8) is 0 Å². The van der Waals surface area contributed by atoms with E-state index in [2.05, 4.69) is 0 Å². The van der Waals surface area contributed by atoms with Crippen molar-refractivity contribution in [2.24, 2.45) is 0 Å². The van der Waals surface area contributed by atoms with Gasteiger partial charge in [0.15, 0.2) is 0 Å². The van der Waals surface area contributed by atoms with Crippen molar-refractivity contribution in [1.29, 1.82) is 0 Å². The summed E-state index contributed by atoms with van der Waals surface area (Å²) in [6.45, 7) is 0. The number of rotatable bonds is 0. The van der Waals surface area contributed by atoms with Crippen LogP contribution in [0.1, 0.15) is 0 Å². The Bertz CT molecular complexity index is 8.00. The molecule has 0 fully saturated rings. The second-order valence-electron chi connectivity index (χ2n) is 0. The number of hydrogen-bond donors (Lipinski definition) is 0. The quantitative estimate of drug-likeness (QED) is 0.419. The molecule has 0 bridgehead atoms. The zero-order valence-corrected chi connectivity index (χ0v) is 9.76. The van der Waals surface area contributed by atoms with Gasteiger partial charge in [0, 0.05) is 25.8 Å². The molecule has 1 unspecified atom stereocenters. The van der Waals surface area contributed by atoms with Crippen LogP contribution in [0.3, 0.4) is 0 Å². The molecule has 0 aromatic rings. The minimum atomic E-state index is 0. The van der Waals surface area contributed by atoms with Crippen LogP contribution >= 0.6 is 9.90 Å². The van der Waals surface area contributed by atoms with E-state index >= 15 is 0 Å². The Morgan fingerprint density at radius 2 is 1.25 bits per heavy atom. The van der Waals surface area contributed by atoms with Gasteiger partial charge >= 0.3 is 25.6 Å². The van der Waals surface area contributed by atoms with Crippen LogP contribution in [-0.4, -0.2) is 48.4 Å². The van der Waals surface area contributed by atoms with E-state index in [0.29, 0.717) is 22.5 Å². The summed E-state index contributed by atoms with van der Waals surface area (Å²) in [5.41, 5.74) is 0. The van der Waals surface area contributed by atoms with Gasteiger partial charge in [0.05, 0.1) is 0 Å². The Morgan fingerprint density at radius 3 is 1.25 bits per heavy atom. The van der Waals surface area contributed by atoms with Crippen LogP contribution in [0.15, 0.2) is 0 Å². The van der Waals surface area contributed by atoms with E-state index in [-0.39, 0.29) is 35.7 Å². The molecule has 0 N–H and O–H groups in total. The van der Waals surface area contributed by atoms with Crippen molar-refractivity contribution in [3.05, 3.63) is 0 Å². The van der Waals surface area contributed by atoms with Gasteiger partial charge in [-0.3, -0.25) is 0 Å². The summed E-state index contributed by atoms with van der Waals surface area (Å²) < 4.78 is 8.34. The average Bonchev–Trinajstić information content (AvgIpc) is 1.00. The normalized spacial score (nSPS) is 1.00. The first-order valence-electron chi connectivity index (χ1n) is 0.204. The Hall–Kier alpha value is 1.90. The molecular formula is H3InOPSn. The van der Waals surface area contributed by atoms with Gasteiger partial charge in [-0.15, -0.1) is 0 Å². The summed E-state index contributed by atoms with van der Waals surface area (Å²) in [6.07, 6.45) is 0. The van der Waals surface area contributed by atoms with Crippen molar-refractivity contribution in [2.75, 3.05) is 0 Å². The molecule has 0 saturated heterocycles. The molecule has 0 heterocycles. The predicted molar refractivity (Wildman–Crippen MR) is 23.3 cm³/mol. The van der Waals surface area contributed by atoms with Gasteiger partial charge in [-0.05, 0) is 0 Å². The maximum atomic E-state index is 8.34. The van der Waals surface area contributed by atoms with Crippen LogP contribution in [0.5, 0.6) is 0 Å². The third-order valence-electron chi connectivity index (χ3n) is 0. The van der Waals surface area contributed by atoms with Gasteiger partial charge in [-0.2, -0.15) is 9.90 Å². The Balaban J connectivity index is -0.00000000500. The summed E-state index contributed by atoms with van der Waals surface area (Å²) in [4.78, 5) is 0. The summed E-state index contributed by atoms with van der Waals surface area (Å²) in [6, 6.07) is 0. The molecule has 0 aliphatic carbocycles. The molecule has 0 spiro atoms. The molecule has 0 aliphatic rings. The molecule has 0 saturated carbocycles. The molecule has 0 aliphatic heterocycles. The zero-order valence-electron chi connectivity index (χ0n) is 2.19. The van der Waals surface area contributed by atoms with Crippen molar-refractivity contribution >= 4 is 58.3 Å². The molecule has 0 aromatic carbocycles. The van der Waals surface area contributed by atoms with Gasteiger partial charge in [0.1, 0.15) is 0 Å². The third kappa shape index (κ3) is 9.09. The fourth-order valence-corrected chi connectivity index (χ4v) is 0. The van der Waals surface area contributed by atoms with Crippen LogP contribution in [0.4, 0.5) is 0 Å². The summed E-state index contributed by atoms with van der Waals surface area (Å²) in [7, 11) is 0. The van der Waals surface area contributed by atoms with E-state index in [1.54, 1.807) is 0 Å². The first-order chi connectivity index (χ1) is 1.00. The molecule has 1 nitrogen and oxygen atoms in total. The van der Waals surface area contributed by atoms with E-state index in [0.717, 1.165) is 0 Å². The predicted octanol–water partition coefficient (Wildman–Crippen LogP) is -0.822. The molecule has 1 atom stereocenters. The van der Waals surface area contributed by atoms with Crippen LogP contribution in [0.2, 0.25) is 0 Å². The summed E-state index contributed by atoms with van der Waals surface area (Å²) in [5.74, 6) is 0. The maximum absolute atomic E-state index is 8.34. The number of hydrogen-bond acceptors (Lipinski definition) is 1. The molecule has 0 amide bonds. The molecule has 4 heavy (non-hydrogen) atoms. The second-order valence-corrected chi connectivity index (χ2v) is 0. The van der Waals surface area contributed by atoms with E-state index in [1.165, 1.54) is 0 Å². The SMILES string of the molecule is P.[In].[O]=[Sn]. The van der Waals surface area contributed by atoms with Crippen molar-refractivity contribution in [2.45, 2.75) is 0 Å². The van der Waals surface area contributed by atoms with E-state index in [4.69, 9.17) is 3.08 Å². The fraction of sp³-hybridized carbons (Fsp3) is 0. The van der Waals surface area contributed by atoms with Crippen LogP contribution in [-0.2, 0) is 3.08 Å². The van der Waals surface area contributed by atoms with Crippen molar-refractivity contribution < 1.29 is 3.08 Å². The molecule has 4 heteroatoms. The Labute approximate surface area is 60.8 Å². The molecular weight excluding hydrogens is 281 g/mol. The van der Waals surface area contributed by atoms with Crippen molar-refractivity contribution in [3.8, 4) is 0 Å². The van der Waals surface area contributed by atoms with E-state index in [9.17, 15) is 0 Å². The second kappa shape index (κ2) is 20.7. The van der Waals surface area contributed by atoms with Gasteiger partial charge in [0.25, 0.3) is 0 Å². The minimum absolute atomic E-state index is 0.